The van der Waals surface area contributed by atoms with Crippen LogP contribution in [0.3, 0.4) is 0 Å². The molecule has 1 fully saturated rings. The average molecular weight is 282 g/mol. The third-order valence-corrected chi connectivity index (χ3v) is 3.90. The predicted molar refractivity (Wildman–Crippen MR) is 73.3 cm³/mol. The van der Waals surface area contributed by atoms with Crippen LogP contribution in [0.4, 0.5) is 5.13 Å². The van der Waals surface area contributed by atoms with E-state index in [0.29, 0.717) is 11.0 Å². The van der Waals surface area contributed by atoms with E-state index >= 15 is 0 Å². The lowest BCUT2D eigenvalue weighted by Crippen LogP contribution is -2.39. The van der Waals surface area contributed by atoms with Gasteiger partial charge < -0.3 is 10.4 Å². The summed E-state index contributed by atoms with van der Waals surface area (Å²) in [5.41, 5.74) is 0.370. The Morgan fingerprint density at radius 2 is 2.11 bits per heavy atom. The highest BCUT2D eigenvalue weighted by Gasteiger charge is 2.38. The second kappa shape index (κ2) is 4.92. The number of rotatable bonds is 4. The number of carbonyl (C=O) groups excluding carboxylic acids is 1. The normalized spacial score (nSPS) is 17.0. The summed E-state index contributed by atoms with van der Waals surface area (Å²) in [5.74, 6) is -2.17. The molecule has 1 saturated carbocycles. The maximum absolute atomic E-state index is 12.1. The molecule has 0 radical (unpaired) electrons. The van der Waals surface area contributed by atoms with Crippen LogP contribution in [-0.2, 0) is 9.59 Å². The van der Waals surface area contributed by atoms with Gasteiger partial charge in [0.25, 0.3) is 0 Å². The van der Waals surface area contributed by atoms with Gasteiger partial charge in [0, 0.05) is 11.3 Å². The Morgan fingerprint density at radius 1 is 1.47 bits per heavy atom. The molecule has 6 heteroatoms. The van der Waals surface area contributed by atoms with Gasteiger partial charge in [-0.1, -0.05) is 20.8 Å². The Balaban J connectivity index is 2.07. The van der Waals surface area contributed by atoms with Crippen molar-refractivity contribution < 1.29 is 14.7 Å². The summed E-state index contributed by atoms with van der Waals surface area (Å²) in [6, 6.07) is 0. The predicted octanol–water partition coefficient (Wildman–Crippen LogP) is 2.71. The Bertz CT molecular complexity index is 500. The van der Waals surface area contributed by atoms with E-state index in [1.54, 1.807) is 20.8 Å². The lowest BCUT2D eigenvalue weighted by molar-refractivity contribution is -0.149. The van der Waals surface area contributed by atoms with Crippen molar-refractivity contribution >= 4 is 28.3 Å². The average Bonchev–Trinajstić information content (AvgIpc) is 2.97. The fraction of sp³-hybridized carbons (Fsp3) is 0.615. The summed E-state index contributed by atoms with van der Waals surface area (Å²) in [4.78, 5) is 27.6. The molecule has 2 rings (SSSR count). The van der Waals surface area contributed by atoms with Gasteiger partial charge in [0.1, 0.15) is 5.92 Å². The Kier molecular flexibility index (Phi) is 3.62. The molecule has 1 amide bonds. The first kappa shape index (κ1) is 14.0. The molecule has 1 heterocycles. The van der Waals surface area contributed by atoms with Gasteiger partial charge in [-0.2, -0.15) is 0 Å². The molecule has 0 aliphatic heterocycles. The highest BCUT2D eigenvalue weighted by atomic mass is 32.1. The standard InChI is InChI=1S/C13H18N2O3S/c1-13(2,3)9(11(17)18)10(16)15-12-14-8(6-19-12)7-4-5-7/h6-7,9H,4-5H2,1-3H3,(H,17,18)(H,14,15,16). The number of aromatic nitrogens is 1. The highest BCUT2D eigenvalue weighted by Crippen LogP contribution is 2.41. The van der Waals surface area contributed by atoms with E-state index in [1.165, 1.54) is 11.3 Å². The van der Waals surface area contributed by atoms with Gasteiger partial charge in [0.05, 0.1) is 5.69 Å². The van der Waals surface area contributed by atoms with Crippen molar-refractivity contribution in [1.82, 2.24) is 4.98 Å². The number of carboxylic acid groups (broad SMARTS) is 1. The molecule has 19 heavy (non-hydrogen) atoms. The van der Waals surface area contributed by atoms with Gasteiger partial charge in [-0.3, -0.25) is 9.59 Å². The quantitative estimate of drug-likeness (QED) is 0.832. The lowest BCUT2D eigenvalue weighted by Gasteiger charge is -2.25. The number of anilines is 1. The van der Waals surface area contributed by atoms with E-state index in [-0.39, 0.29) is 0 Å². The molecule has 0 spiro atoms. The van der Waals surface area contributed by atoms with Crippen molar-refractivity contribution in [3.05, 3.63) is 11.1 Å². The maximum Gasteiger partial charge on any atom is 0.316 e. The first-order valence-corrected chi connectivity index (χ1v) is 7.16. The van der Waals surface area contributed by atoms with Gasteiger partial charge in [0.2, 0.25) is 5.91 Å². The summed E-state index contributed by atoms with van der Waals surface area (Å²) in [6.45, 7) is 5.22. The number of aliphatic carboxylic acids is 1. The molecule has 0 saturated heterocycles. The van der Waals surface area contributed by atoms with Gasteiger partial charge in [-0.05, 0) is 18.3 Å². The zero-order valence-corrected chi connectivity index (χ0v) is 12.1. The number of carbonyl (C=O) groups is 2. The molecule has 1 atom stereocenters. The summed E-state index contributed by atoms with van der Waals surface area (Å²) < 4.78 is 0. The second-order valence-corrected chi connectivity index (χ2v) is 6.84. The molecule has 1 unspecified atom stereocenters. The fourth-order valence-corrected chi connectivity index (χ4v) is 2.76. The molecule has 1 aliphatic carbocycles. The molecular formula is C13H18N2O3S. The molecule has 2 N–H and O–H groups in total. The second-order valence-electron chi connectivity index (χ2n) is 5.98. The Morgan fingerprint density at radius 3 is 2.58 bits per heavy atom. The number of hydrogen-bond acceptors (Lipinski definition) is 4. The number of hydrogen-bond donors (Lipinski definition) is 2. The zero-order valence-electron chi connectivity index (χ0n) is 11.3. The molecule has 0 aromatic carbocycles. The van der Waals surface area contributed by atoms with Gasteiger partial charge in [-0.15, -0.1) is 11.3 Å². The Hall–Kier alpha value is -1.43. The zero-order chi connectivity index (χ0) is 14.2. The van der Waals surface area contributed by atoms with Crippen LogP contribution in [0.15, 0.2) is 5.38 Å². The van der Waals surface area contributed by atoms with Crippen LogP contribution in [0.25, 0.3) is 0 Å². The minimum atomic E-state index is -1.11. The smallest absolute Gasteiger partial charge is 0.316 e. The first-order valence-electron chi connectivity index (χ1n) is 6.28. The number of amides is 1. The fourth-order valence-electron chi connectivity index (χ4n) is 1.96. The molecule has 1 aromatic heterocycles. The summed E-state index contributed by atoms with van der Waals surface area (Å²) in [5, 5.41) is 14.2. The van der Waals surface area contributed by atoms with E-state index in [9.17, 15) is 14.7 Å². The monoisotopic (exact) mass is 282 g/mol. The van der Waals surface area contributed by atoms with Gasteiger partial charge >= 0.3 is 5.97 Å². The Labute approximate surface area is 116 Å². The van der Waals surface area contributed by atoms with Crippen molar-refractivity contribution in [1.29, 1.82) is 0 Å². The van der Waals surface area contributed by atoms with Crippen molar-refractivity contribution in [2.24, 2.45) is 11.3 Å². The van der Waals surface area contributed by atoms with E-state index in [2.05, 4.69) is 10.3 Å². The first-order chi connectivity index (χ1) is 8.79. The van der Waals surface area contributed by atoms with E-state index < -0.39 is 23.2 Å². The van der Waals surface area contributed by atoms with E-state index in [0.717, 1.165) is 18.5 Å². The minimum Gasteiger partial charge on any atom is -0.481 e. The summed E-state index contributed by atoms with van der Waals surface area (Å²) >= 11 is 1.35. The van der Waals surface area contributed by atoms with Crippen molar-refractivity contribution in [3.8, 4) is 0 Å². The third-order valence-electron chi connectivity index (χ3n) is 3.12. The number of nitrogens with one attached hydrogen (secondary N) is 1. The SMILES string of the molecule is CC(C)(C)C(C(=O)O)C(=O)Nc1nc(C2CC2)cs1. The van der Waals surface area contributed by atoms with E-state index in [1.807, 2.05) is 5.38 Å². The topological polar surface area (TPSA) is 79.3 Å². The van der Waals surface area contributed by atoms with Crippen LogP contribution in [0, 0.1) is 11.3 Å². The summed E-state index contributed by atoms with van der Waals surface area (Å²) in [7, 11) is 0. The van der Waals surface area contributed by atoms with Crippen molar-refractivity contribution in [3.63, 3.8) is 0 Å². The van der Waals surface area contributed by atoms with Gasteiger partial charge in [-0.25, -0.2) is 4.98 Å². The van der Waals surface area contributed by atoms with Crippen molar-refractivity contribution in [2.75, 3.05) is 5.32 Å². The number of nitrogens with zero attached hydrogens (tertiary/aromatic N) is 1. The molecule has 104 valence electrons. The van der Waals surface area contributed by atoms with Crippen LogP contribution in [0.5, 0.6) is 0 Å². The maximum atomic E-state index is 12.1. The minimum absolute atomic E-state index is 0.488. The van der Waals surface area contributed by atoms with Crippen LogP contribution < -0.4 is 5.32 Å². The van der Waals surface area contributed by atoms with Crippen LogP contribution in [-0.4, -0.2) is 22.0 Å². The van der Waals surface area contributed by atoms with Crippen LogP contribution in [0.2, 0.25) is 0 Å². The molecule has 0 bridgehead atoms. The van der Waals surface area contributed by atoms with Crippen LogP contribution in [0.1, 0.15) is 45.2 Å². The largest absolute Gasteiger partial charge is 0.481 e. The number of thiazole rings is 1. The number of carboxylic acids is 1. The highest BCUT2D eigenvalue weighted by molar-refractivity contribution is 7.13. The molecule has 1 aliphatic rings. The lowest BCUT2D eigenvalue weighted by atomic mass is 9.80. The molecule has 5 nitrogen and oxygen atoms in total. The molecular weight excluding hydrogens is 264 g/mol. The van der Waals surface area contributed by atoms with Gasteiger partial charge in [0.15, 0.2) is 5.13 Å². The molecule has 1 aromatic rings. The third kappa shape index (κ3) is 3.32. The van der Waals surface area contributed by atoms with Crippen LogP contribution >= 0.6 is 11.3 Å². The van der Waals surface area contributed by atoms with E-state index in [4.69, 9.17) is 0 Å². The van der Waals surface area contributed by atoms with Crippen molar-refractivity contribution in [2.45, 2.75) is 39.5 Å². The summed E-state index contributed by atoms with van der Waals surface area (Å²) in [6.07, 6.45) is 2.30.